The zero-order valence-electron chi connectivity index (χ0n) is 11.8. The number of nitrogens with one attached hydrogen (secondary N) is 1. The van der Waals surface area contributed by atoms with Gasteiger partial charge in [0, 0.05) is 16.1 Å². The van der Waals surface area contributed by atoms with E-state index < -0.39 is 0 Å². The van der Waals surface area contributed by atoms with Gasteiger partial charge < -0.3 is 15.0 Å². The number of nitrogens with zero attached hydrogens (tertiary/aromatic N) is 1. The van der Waals surface area contributed by atoms with Crippen LogP contribution in [-0.4, -0.2) is 38.7 Å². The molecule has 0 amide bonds. The lowest BCUT2D eigenvalue weighted by atomic mass is 10.0. The van der Waals surface area contributed by atoms with Gasteiger partial charge in [0.05, 0.1) is 6.61 Å². The number of halogens is 1. The summed E-state index contributed by atoms with van der Waals surface area (Å²) in [6.45, 7) is 3.00. The van der Waals surface area contributed by atoms with Crippen LogP contribution in [0.15, 0.2) is 22.7 Å². The Morgan fingerprint density at radius 1 is 1.42 bits per heavy atom. The lowest BCUT2D eigenvalue weighted by Gasteiger charge is -2.19. The van der Waals surface area contributed by atoms with Crippen LogP contribution < -0.4 is 10.1 Å². The van der Waals surface area contributed by atoms with E-state index in [1.54, 1.807) is 0 Å². The molecule has 0 saturated heterocycles. The van der Waals surface area contributed by atoms with Gasteiger partial charge in [0.1, 0.15) is 5.75 Å². The summed E-state index contributed by atoms with van der Waals surface area (Å²) in [6.07, 6.45) is 3.43. The Kier molecular flexibility index (Phi) is 5.67. The Balaban J connectivity index is 1.97. The highest BCUT2D eigenvalue weighted by Gasteiger charge is 2.19. The van der Waals surface area contributed by atoms with E-state index in [9.17, 15) is 0 Å². The number of rotatable bonds is 5. The zero-order valence-corrected chi connectivity index (χ0v) is 13.4. The zero-order chi connectivity index (χ0) is 13.7. The van der Waals surface area contributed by atoms with Gasteiger partial charge in [-0.2, -0.15) is 0 Å². The van der Waals surface area contributed by atoms with Crippen molar-refractivity contribution in [2.75, 3.05) is 33.8 Å². The van der Waals surface area contributed by atoms with Crippen LogP contribution in [0.4, 0.5) is 0 Å². The molecule has 2 rings (SSSR count). The van der Waals surface area contributed by atoms with Crippen LogP contribution in [0.3, 0.4) is 0 Å². The molecule has 1 heterocycles. The molecule has 1 atom stereocenters. The van der Waals surface area contributed by atoms with Gasteiger partial charge in [-0.3, -0.25) is 0 Å². The Morgan fingerprint density at radius 2 is 2.26 bits per heavy atom. The van der Waals surface area contributed by atoms with Crippen LogP contribution in [0.1, 0.15) is 30.9 Å². The molecule has 0 fully saturated rings. The van der Waals surface area contributed by atoms with Crippen molar-refractivity contribution in [1.29, 1.82) is 0 Å². The Labute approximate surface area is 124 Å². The summed E-state index contributed by atoms with van der Waals surface area (Å²) in [5.74, 6) is 1.02. The van der Waals surface area contributed by atoms with Gasteiger partial charge in [-0.05, 0) is 58.6 Å². The van der Waals surface area contributed by atoms with Gasteiger partial charge in [-0.1, -0.05) is 22.0 Å². The number of hydrogen-bond donors (Lipinski definition) is 1. The van der Waals surface area contributed by atoms with Crippen LogP contribution in [-0.2, 0) is 0 Å². The van der Waals surface area contributed by atoms with Crippen LogP contribution in [0.25, 0.3) is 0 Å². The van der Waals surface area contributed by atoms with E-state index in [2.05, 4.69) is 58.4 Å². The summed E-state index contributed by atoms with van der Waals surface area (Å²) < 4.78 is 6.91. The second kappa shape index (κ2) is 7.27. The fourth-order valence-corrected chi connectivity index (χ4v) is 2.77. The molecule has 0 aromatic heterocycles. The van der Waals surface area contributed by atoms with E-state index in [0.29, 0.717) is 6.04 Å². The monoisotopic (exact) mass is 326 g/mol. The molecule has 1 aliphatic rings. The predicted molar refractivity (Wildman–Crippen MR) is 82.8 cm³/mol. The fraction of sp³-hybridized carbons (Fsp3) is 0.600. The van der Waals surface area contributed by atoms with Crippen molar-refractivity contribution < 1.29 is 4.74 Å². The molecule has 1 aliphatic heterocycles. The van der Waals surface area contributed by atoms with Gasteiger partial charge in [-0.25, -0.2) is 0 Å². The van der Waals surface area contributed by atoms with Gasteiger partial charge in [0.15, 0.2) is 0 Å². The Hall–Kier alpha value is -0.580. The number of ether oxygens (including phenoxy) is 1. The quantitative estimate of drug-likeness (QED) is 0.841. The minimum absolute atomic E-state index is 0.424. The molecule has 0 radical (unpaired) electrons. The first kappa shape index (κ1) is 14.8. The molecule has 4 heteroatoms. The van der Waals surface area contributed by atoms with Crippen molar-refractivity contribution in [3.63, 3.8) is 0 Å². The van der Waals surface area contributed by atoms with Gasteiger partial charge in [-0.15, -0.1) is 0 Å². The fourth-order valence-electron chi connectivity index (χ4n) is 2.43. The highest BCUT2D eigenvalue weighted by atomic mass is 79.9. The molecule has 0 aliphatic carbocycles. The van der Waals surface area contributed by atoms with Crippen LogP contribution in [0.5, 0.6) is 5.75 Å². The first-order valence-electron chi connectivity index (χ1n) is 6.97. The molecule has 106 valence electrons. The minimum atomic E-state index is 0.424. The SMILES string of the molecule is CN(C)CCCNC1CCCOc2cc(Br)ccc21. The molecule has 19 heavy (non-hydrogen) atoms. The summed E-state index contributed by atoms with van der Waals surface area (Å²) >= 11 is 3.51. The maximum Gasteiger partial charge on any atom is 0.125 e. The van der Waals surface area contributed by atoms with Crippen LogP contribution in [0.2, 0.25) is 0 Å². The predicted octanol–water partition coefficient (Wildman–Crippen LogP) is 3.20. The van der Waals surface area contributed by atoms with E-state index in [0.717, 1.165) is 42.8 Å². The van der Waals surface area contributed by atoms with Crippen LogP contribution in [0, 0.1) is 0 Å². The van der Waals surface area contributed by atoms with Crippen LogP contribution >= 0.6 is 15.9 Å². The molecule has 0 spiro atoms. The summed E-state index contributed by atoms with van der Waals surface area (Å²) in [7, 11) is 4.23. The molecule has 0 saturated carbocycles. The number of hydrogen-bond acceptors (Lipinski definition) is 3. The van der Waals surface area contributed by atoms with Crippen molar-refractivity contribution >= 4 is 15.9 Å². The summed E-state index contributed by atoms with van der Waals surface area (Å²) in [6, 6.07) is 6.78. The van der Waals surface area contributed by atoms with Crippen molar-refractivity contribution in [2.45, 2.75) is 25.3 Å². The average molecular weight is 327 g/mol. The molecule has 1 aromatic carbocycles. The second-order valence-electron chi connectivity index (χ2n) is 5.34. The maximum absolute atomic E-state index is 5.83. The highest BCUT2D eigenvalue weighted by molar-refractivity contribution is 9.10. The largest absolute Gasteiger partial charge is 0.493 e. The molecule has 1 unspecified atom stereocenters. The Bertz CT molecular complexity index is 409. The summed E-state index contributed by atoms with van der Waals surface area (Å²) in [4.78, 5) is 2.23. The van der Waals surface area contributed by atoms with Crippen molar-refractivity contribution in [2.24, 2.45) is 0 Å². The van der Waals surface area contributed by atoms with Gasteiger partial charge >= 0.3 is 0 Å². The highest BCUT2D eigenvalue weighted by Crippen LogP contribution is 2.33. The van der Waals surface area contributed by atoms with E-state index in [-0.39, 0.29) is 0 Å². The molecular weight excluding hydrogens is 304 g/mol. The smallest absolute Gasteiger partial charge is 0.125 e. The number of benzene rings is 1. The minimum Gasteiger partial charge on any atom is -0.493 e. The topological polar surface area (TPSA) is 24.5 Å². The molecule has 0 bridgehead atoms. The van der Waals surface area contributed by atoms with Gasteiger partial charge in [0.2, 0.25) is 0 Å². The third-order valence-electron chi connectivity index (χ3n) is 3.42. The third-order valence-corrected chi connectivity index (χ3v) is 3.91. The lowest BCUT2D eigenvalue weighted by Crippen LogP contribution is -2.25. The second-order valence-corrected chi connectivity index (χ2v) is 6.25. The normalized spacial score (nSPS) is 18.8. The molecule has 3 nitrogen and oxygen atoms in total. The van der Waals surface area contributed by atoms with E-state index in [1.165, 1.54) is 12.0 Å². The van der Waals surface area contributed by atoms with E-state index >= 15 is 0 Å². The van der Waals surface area contributed by atoms with Crippen molar-refractivity contribution in [3.05, 3.63) is 28.2 Å². The standard InChI is InChI=1S/C15H23BrN2O/c1-18(2)9-4-8-17-14-5-3-10-19-15-11-12(16)6-7-13(14)15/h6-7,11,14,17H,3-5,8-10H2,1-2H3. The van der Waals surface area contributed by atoms with E-state index in [4.69, 9.17) is 4.74 Å². The lowest BCUT2D eigenvalue weighted by molar-refractivity contribution is 0.314. The summed E-state index contributed by atoms with van der Waals surface area (Å²) in [5.41, 5.74) is 1.30. The van der Waals surface area contributed by atoms with Crippen molar-refractivity contribution in [3.8, 4) is 5.75 Å². The molecule has 1 aromatic rings. The molecular formula is C15H23BrN2O. The number of fused-ring (bicyclic) bond motifs is 1. The average Bonchev–Trinajstić information content (AvgIpc) is 2.56. The summed E-state index contributed by atoms with van der Waals surface area (Å²) in [5, 5.41) is 3.67. The maximum atomic E-state index is 5.83. The molecule has 1 N–H and O–H groups in total. The van der Waals surface area contributed by atoms with Crippen molar-refractivity contribution in [1.82, 2.24) is 10.2 Å². The Morgan fingerprint density at radius 3 is 3.05 bits per heavy atom. The third kappa shape index (κ3) is 4.48. The first-order chi connectivity index (χ1) is 9.16. The van der Waals surface area contributed by atoms with Gasteiger partial charge in [0.25, 0.3) is 0 Å². The first-order valence-corrected chi connectivity index (χ1v) is 7.76. The van der Waals surface area contributed by atoms with E-state index in [1.807, 2.05) is 0 Å².